The van der Waals surface area contributed by atoms with E-state index in [0.717, 1.165) is 17.7 Å². The van der Waals surface area contributed by atoms with Gasteiger partial charge in [0, 0.05) is 6.42 Å². The summed E-state index contributed by atoms with van der Waals surface area (Å²) < 4.78 is 29.7. The fraction of sp³-hybridized carbons (Fsp3) is 0.526. The van der Waals surface area contributed by atoms with Crippen LogP contribution in [0.15, 0.2) is 18.2 Å². The van der Waals surface area contributed by atoms with Gasteiger partial charge < -0.3 is 14.2 Å². The summed E-state index contributed by atoms with van der Waals surface area (Å²) >= 11 is 0. The Bertz CT molecular complexity index is 593. The van der Waals surface area contributed by atoms with Gasteiger partial charge in [-0.2, -0.15) is 0 Å². The summed E-state index contributed by atoms with van der Waals surface area (Å²) in [7, 11) is 0. The monoisotopic (exact) mass is 336 g/mol. The van der Waals surface area contributed by atoms with Crippen molar-refractivity contribution in [3.8, 4) is 0 Å². The van der Waals surface area contributed by atoms with Crippen molar-refractivity contribution in [1.82, 2.24) is 0 Å². The summed E-state index contributed by atoms with van der Waals surface area (Å²) in [6, 6.07) is 3.33. The summed E-state index contributed by atoms with van der Waals surface area (Å²) in [5.74, 6) is -0.453. The van der Waals surface area contributed by atoms with E-state index in [2.05, 4.69) is 0 Å². The number of aryl methyl sites for hydroxylation is 1. The summed E-state index contributed by atoms with van der Waals surface area (Å²) in [4.78, 5) is 11.3. The Labute approximate surface area is 142 Å². The zero-order valence-corrected chi connectivity index (χ0v) is 14.5. The van der Waals surface area contributed by atoms with Gasteiger partial charge in [0.05, 0.1) is 25.9 Å². The van der Waals surface area contributed by atoms with Crippen molar-refractivity contribution in [3.05, 3.63) is 40.7 Å². The highest BCUT2D eigenvalue weighted by atomic mass is 19.1. The lowest BCUT2D eigenvalue weighted by Crippen LogP contribution is -2.08. The van der Waals surface area contributed by atoms with Crippen LogP contribution in [0.5, 0.6) is 0 Å². The molecule has 0 unspecified atom stereocenters. The van der Waals surface area contributed by atoms with Crippen LogP contribution in [0.25, 0.3) is 6.08 Å². The molecular formula is C19H25FO4. The first kappa shape index (κ1) is 18.6. The minimum absolute atomic E-state index is 0.173. The predicted molar refractivity (Wildman–Crippen MR) is 90.1 cm³/mol. The second-order valence-electron chi connectivity index (χ2n) is 5.91. The van der Waals surface area contributed by atoms with Crippen LogP contribution >= 0.6 is 0 Å². The third kappa shape index (κ3) is 5.73. The third-order valence-electron chi connectivity index (χ3n) is 3.85. The highest BCUT2D eigenvalue weighted by Crippen LogP contribution is 2.27. The van der Waals surface area contributed by atoms with Crippen LogP contribution in [-0.4, -0.2) is 31.9 Å². The highest BCUT2D eigenvalue weighted by molar-refractivity contribution is 5.69. The van der Waals surface area contributed by atoms with Crippen molar-refractivity contribution in [3.63, 3.8) is 0 Å². The van der Waals surface area contributed by atoms with Crippen molar-refractivity contribution >= 4 is 12.0 Å². The number of hydrogen-bond donors (Lipinski definition) is 0. The van der Waals surface area contributed by atoms with Crippen LogP contribution in [-0.2, 0) is 19.0 Å². The number of carbonyl (C=O) groups excluding carboxylic acids is 1. The molecule has 0 bridgehead atoms. The highest BCUT2D eigenvalue weighted by Gasteiger charge is 2.24. The number of halogens is 1. The topological polar surface area (TPSA) is 48.1 Å². The lowest BCUT2D eigenvalue weighted by molar-refractivity contribution is -0.142. The van der Waals surface area contributed by atoms with Gasteiger partial charge in [-0.1, -0.05) is 12.2 Å². The molecule has 1 heterocycles. The van der Waals surface area contributed by atoms with Gasteiger partial charge in [-0.3, -0.25) is 4.79 Å². The quantitative estimate of drug-likeness (QED) is 0.506. The first-order chi connectivity index (χ1) is 11.5. The van der Waals surface area contributed by atoms with Crippen LogP contribution in [0.1, 0.15) is 49.5 Å². The molecule has 0 aliphatic carbocycles. The first-order valence-electron chi connectivity index (χ1n) is 8.36. The molecule has 24 heavy (non-hydrogen) atoms. The molecule has 1 aliphatic rings. The molecule has 0 N–H and O–H groups in total. The van der Waals surface area contributed by atoms with Crippen molar-refractivity contribution in [2.24, 2.45) is 0 Å². The molecule has 0 saturated carbocycles. The van der Waals surface area contributed by atoms with Gasteiger partial charge in [0.1, 0.15) is 11.9 Å². The molecule has 1 aliphatic heterocycles. The standard InChI is InChI=1S/C19H25FO4/c1-4-22-19(21)8-6-5-7-15-9-13(2)18(20)10-17(15)14(3)23-11-16-12-24-16/h5,7,9-10,14,16H,4,6,8,11-12H2,1-3H3/t14-,16+/m1/s1. The SMILES string of the molecule is CCOC(=O)CCC=Cc1cc(C)c(F)cc1[C@@H](C)OC[C@H]1CO1. The van der Waals surface area contributed by atoms with Crippen LogP contribution in [0.3, 0.4) is 0 Å². The molecule has 0 radical (unpaired) electrons. The third-order valence-corrected chi connectivity index (χ3v) is 3.85. The molecular weight excluding hydrogens is 311 g/mol. The average Bonchev–Trinajstić information content (AvgIpc) is 3.36. The van der Waals surface area contributed by atoms with E-state index in [4.69, 9.17) is 14.2 Å². The van der Waals surface area contributed by atoms with E-state index in [1.165, 1.54) is 6.07 Å². The lowest BCUT2D eigenvalue weighted by Gasteiger charge is -2.16. The molecule has 1 aromatic rings. The van der Waals surface area contributed by atoms with E-state index >= 15 is 0 Å². The minimum atomic E-state index is -0.244. The molecule has 1 fully saturated rings. The Morgan fingerprint density at radius 3 is 2.92 bits per heavy atom. The fourth-order valence-corrected chi connectivity index (χ4v) is 2.37. The van der Waals surface area contributed by atoms with E-state index < -0.39 is 0 Å². The van der Waals surface area contributed by atoms with Crippen molar-refractivity contribution in [2.45, 2.75) is 45.8 Å². The van der Waals surface area contributed by atoms with Gasteiger partial charge >= 0.3 is 5.97 Å². The number of benzene rings is 1. The van der Waals surface area contributed by atoms with E-state index in [1.54, 1.807) is 19.9 Å². The second-order valence-corrected chi connectivity index (χ2v) is 5.91. The van der Waals surface area contributed by atoms with Crippen LogP contribution in [0, 0.1) is 12.7 Å². The largest absolute Gasteiger partial charge is 0.466 e. The molecule has 4 nitrogen and oxygen atoms in total. The Kier molecular flexibility index (Phi) is 6.94. The van der Waals surface area contributed by atoms with Crippen molar-refractivity contribution in [1.29, 1.82) is 0 Å². The smallest absolute Gasteiger partial charge is 0.306 e. The predicted octanol–water partition coefficient (Wildman–Crippen LogP) is 3.97. The van der Waals surface area contributed by atoms with Crippen molar-refractivity contribution in [2.75, 3.05) is 19.8 Å². The summed E-state index contributed by atoms with van der Waals surface area (Å²) in [5.41, 5.74) is 2.29. The van der Waals surface area contributed by atoms with Crippen LogP contribution in [0.2, 0.25) is 0 Å². The number of esters is 1. The number of rotatable bonds is 9. The molecule has 1 saturated heterocycles. The number of hydrogen-bond acceptors (Lipinski definition) is 4. The van der Waals surface area contributed by atoms with Gasteiger partial charge in [-0.25, -0.2) is 4.39 Å². The maximum atomic E-state index is 13.9. The first-order valence-corrected chi connectivity index (χ1v) is 8.36. The molecule has 132 valence electrons. The van der Waals surface area contributed by atoms with Crippen LogP contribution in [0.4, 0.5) is 4.39 Å². The van der Waals surface area contributed by atoms with Crippen molar-refractivity contribution < 1.29 is 23.4 Å². The second kappa shape index (κ2) is 8.94. The molecule has 1 aromatic carbocycles. The normalized spacial score (nSPS) is 17.9. The molecule has 2 atom stereocenters. The Balaban J connectivity index is 2.02. The Morgan fingerprint density at radius 2 is 2.25 bits per heavy atom. The Hall–Kier alpha value is -1.72. The van der Waals surface area contributed by atoms with Gasteiger partial charge in [0.15, 0.2) is 0 Å². The number of epoxide rings is 1. The average molecular weight is 336 g/mol. The van der Waals surface area contributed by atoms with Crippen LogP contribution < -0.4 is 0 Å². The van der Waals surface area contributed by atoms with E-state index in [1.807, 2.05) is 19.1 Å². The van der Waals surface area contributed by atoms with E-state index in [0.29, 0.717) is 31.6 Å². The fourth-order valence-electron chi connectivity index (χ4n) is 2.37. The molecule has 0 aromatic heterocycles. The minimum Gasteiger partial charge on any atom is -0.466 e. The summed E-state index contributed by atoms with van der Waals surface area (Å²) in [6.45, 7) is 7.07. The van der Waals surface area contributed by atoms with Gasteiger partial charge in [-0.15, -0.1) is 0 Å². The summed E-state index contributed by atoms with van der Waals surface area (Å²) in [5, 5.41) is 0. The molecule has 5 heteroatoms. The maximum absolute atomic E-state index is 13.9. The van der Waals surface area contributed by atoms with Gasteiger partial charge in [0.2, 0.25) is 0 Å². The Morgan fingerprint density at radius 1 is 1.50 bits per heavy atom. The van der Waals surface area contributed by atoms with Gasteiger partial charge in [-0.05, 0) is 56.0 Å². The summed E-state index contributed by atoms with van der Waals surface area (Å²) in [6.07, 6.45) is 4.68. The van der Waals surface area contributed by atoms with Gasteiger partial charge in [0.25, 0.3) is 0 Å². The molecule has 0 amide bonds. The zero-order valence-electron chi connectivity index (χ0n) is 14.5. The number of carbonyl (C=O) groups is 1. The zero-order chi connectivity index (χ0) is 17.5. The lowest BCUT2D eigenvalue weighted by atomic mass is 9.99. The van der Waals surface area contributed by atoms with E-state index in [-0.39, 0.29) is 24.0 Å². The van der Waals surface area contributed by atoms with E-state index in [9.17, 15) is 9.18 Å². The molecule has 2 rings (SSSR count). The maximum Gasteiger partial charge on any atom is 0.306 e. The molecule has 0 spiro atoms. The number of ether oxygens (including phenoxy) is 3. The number of allylic oxidation sites excluding steroid dienone is 1.